The highest BCUT2D eigenvalue weighted by atomic mass is 15.4. The quantitative estimate of drug-likeness (QED) is 0.668. The Morgan fingerprint density at radius 2 is 0.935 bits per heavy atom. The third-order valence-corrected chi connectivity index (χ3v) is 6.50. The number of hydrogen-bond donors (Lipinski definition) is 0. The van der Waals surface area contributed by atoms with Gasteiger partial charge in [-0.15, -0.1) is 0 Å². The van der Waals surface area contributed by atoms with Crippen LogP contribution in [0.2, 0.25) is 0 Å². The maximum absolute atomic E-state index is 3.56. The van der Waals surface area contributed by atoms with E-state index in [-0.39, 0.29) is 0 Å². The van der Waals surface area contributed by atoms with Gasteiger partial charge in [-0.3, -0.25) is 0 Å². The zero-order chi connectivity index (χ0) is 22.4. The summed E-state index contributed by atoms with van der Waals surface area (Å²) in [4.78, 5) is 4.75. The van der Waals surface area contributed by atoms with Crippen molar-refractivity contribution in [2.24, 2.45) is 0 Å². The highest BCUT2D eigenvalue weighted by molar-refractivity contribution is 5.96. The molecule has 31 heavy (non-hydrogen) atoms. The summed E-state index contributed by atoms with van der Waals surface area (Å²) < 4.78 is 4.46. The maximum Gasteiger partial charge on any atom is 0.253 e. The second-order valence-electron chi connectivity index (χ2n) is 9.08. The molecule has 2 aromatic rings. The van der Waals surface area contributed by atoms with Crippen LogP contribution in [0, 0.1) is 54.6 Å². The van der Waals surface area contributed by atoms with Gasteiger partial charge in [0.1, 0.15) is 24.5 Å². The molecule has 4 heteroatoms. The Labute approximate surface area is 188 Å². The van der Waals surface area contributed by atoms with Crippen molar-refractivity contribution < 1.29 is 9.15 Å². The lowest BCUT2D eigenvalue weighted by Crippen LogP contribution is -2.32. The van der Waals surface area contributed by atoms with Gasteiger partial charge in [-0.05, 0) is 63.8 Å². The SMILES string of the molecule is CC1=[N+](C[N+]2=C(C)N(c3c(C)cc(C)cc3C)C[C]2)[C]CN1c1c(C)cc(C)cc1C. The number of nitrogens with zero attached hydrogens (tertiary/aromatic N) is 4. The molecule has 4 radical (unpaired) electrons. The summed E-state index contributed by atoms with van der Waals surface area (Å²) in [7, 11) is 0. The summed E-state index contributed by atoms with van der Waals surface area (Å²) in [5.74, 6) is 2.43. The van der Waals surface area contributed by atoms with Gasteiger partial charge in [-0.1, -0.05) is 35.4 Å². The first-order chi connectivity index (χ1) is 14.7. The van der Waals surface area contributed by atoms with E-state index in [0.29, 0.717) is 0 Å². The summed E-state index contributed by atoms with van der Waals surface area (Å²) in [6.07, 6.45) is 0. The largest absolute Gasteiger partial charge is 0.253 e. The van der Waals surface area contributed by atoms with Crippen molar-refractivity contribution in [2.75, 3.05) is 29.6 Å². The molecular formula is C27H34N4+2. The molecule has 0 N–H and O–H groups in total. The highest BCUT2D eigenvalue weighted by Crippen LogP contribution is 2.30. The van der Waals surface area contributed by atoms with E-state index in [9.17, 15) is 0 Å². The van der Waals surface area contributed by atoms with E-state index in [1.807, 2.05) is 0 Å². The zero-order valence-corrected chi connectivity index (χ0v) is 20.2. The summed E-state index contributed by atoms with van der Waals surface area (Å²) in [6, 6.07) is 9.06. The van der Waals surface area contributed by atoms with Crippen LogP contribution in [0.15, 0.2) is 24.3 Å². The van der Waals surface area contributed by atoms with Crippen molar-refractivity contribution in [1.29, 1.82) is 0 Å². The second-order valence-corrected chi connectivity index (χ2v) is 9.08. The fourth-order valence-electron chi connectivity index (χ4n) is 5.19. The number of aryl methyl sites for hydroxylation is 6. The van der Waals surface area contributed by atoms with Crippen LogP contribution < -0.4 is 9.80 Å². The fourth-order valence-corrected chi connectivity index (χ4v) is 5.19. The van der Waals surface area contributed by atoms with Crippen LogP contribution in [0.25, 0.3) is 0 Å². The number of hydrogen-bond acceptors (Lipinski definition) is 2. The molecule has 4 rings (SSSR count). The number of amidine groups is 2. The summed E-state index contributed by atoms with van der Waals surface area (Å²) in [5.41, 5.74) is 10.5. The minimum atomic E-state index is 0.735. The van der Waals surface area contributed by atoms with Crippen LogP contribution in [0.4, 0.5) is 11.4 Å². The molecule has 0 spiro atoms. The zero-order valence-electron chi connectivity index (χ0n) is 20.2. The first kappa shape index (κ1) is 21.6. The molecule has 0 saturated heterocycles. The van der Waals surface area contributed by atoms with Crippen molar-refractivity contribution in [2.45, 2.75) is 55.4 Å². The molecule has 4 nitrogen and oxygen atoms in total. The van der Waals surface area contributed by atoms with Gasteiger partial charge in [0, 0.05) is 13.8 Å². The third-order valence-electron chi connectivity index (χ3n) is 6.50. The van der Waals surface area contributed by atoms with Crippen molar-refractivity contribution >= 4 is 23.0 Å². The van der Waals surface area contributed by atoms with Gasteiger partial charge >= 0.3 is 0 Å². The molecule has 0 fully saturated rings. The van der Waals surface area contributed by atoms with E-state index < -0.39 is 0 Å². The van der Waals surface area contributed by atoms with Gasteiger partial charge in [0.25, 0.3) is 24.8 Å². The Balaban J connectivity index is 1.61. The molecule has 2 aliphatic rings. The summed E-state index contributed by atoms with van der Waals surface area (Å²) in [5, 5.41) is 0. The van der Waals surface area contributed by atoms with Gasteiger partial charge in [-0.2, -0.15) is 0 Å². The van der Waals surface area contributed by atoms with E-state index in [1.165, 1.54) is 56.4 Å². The average Bonchev–Trinajstić information content (AvgIpc) is 3.19. The normalized spacial score (nSPS) is 16.9. The smallest absolute Gasteiger partial charge is 0.226 e. The van der Waals surface area contributed by atoms with Gasteiger partial charge in [0.2, 0.25) is 6.67 Å². The first-order valence-corrected chi connectivity index (χ1v) is 11.1. The van der Waals surface area contributed by atoms with Gasteiger partial charge < -0.3 is 0 Å². The Bertz CT molecular complexity index is 973. The third kappa shape index (κ3) is 3.88. The predicted octanol–water partition coefficient (Wildman–Crippen LogP) is 4.77. The molecule has 0 amide bonds. The topological polar surface area (TPSA) is 12.5 Å². The van der Waals surface area contributed by atoms with Crippen molar-refractivity contribution in [1.82, 2.24) is 0 Å². The van der Waals surface area contributed by atoms with E-state index in [0.717, 1.165) is 19.8 Å². The summed E-state index contributed by atoms with van der Waals surface area (Å²) in [6.45, 7) is 26.9. The molecule has 0 aromatic heterocycles. The lowest BCUT2D eigenvalue weighted by molar-refractivity contribution is -0.688. The van der Waals surface area contributed by atoms with Crippen LogP contribution in [-0.4, -0.2) is 40.6 Å². The van der Waals surface area contributed by atoms with Gasteiger partial charge in [0.15, 0.2) is 0 Å². The average molecular weight is 415 g/mol. The maximum atomic E-state index is 3.56. The highest BCUT2D eigenvalue weighted by Gasteiger charge is 2.37. The van der Waals surface area contributed by atoms with Gasteiger partial charge in [-0.25, -0.2) is 19.0 Å². The van der Waals surface area contributed by atoms with E-state index in [1.54, 1.807) is 0 Å². The number of benzene rings is 2. The first-order valence-electron chi connectivity index (χ1n) is 11.1. The Hall–Kier alpha value is -2.62. The second kappa shape index (κ2) is 8.14. The minimum Gasteiger partial charge on any atom is -0.226 e. The Kier molecular flexibility index (Phi) is 5.67. The molecule has 160 valence electrons. The molecule has 2 aliphatic heterocycles. The number of rotatable bonds is 4. The van der Waals surface area contributed by atoms with Crippen LogP contribution in [0.1, 0.15) is 47.2 Å². The van der Waals surface area contributed by atoms with Crippen LogP contribution in [0.5, 0.6) is 0 Å². The van der Waals surface area contributed by atoms with Crippen LogP contribution in [0.3, 0.4) is 0 Å². The lowest BCUT2D eigenvalue weighted by atomic mass is 10.0. The van der Waals surface area contributed by atoms with Crippen LogP contribution >= 0.6 is 0 Å². The molecule has 0 bridgehead atoms. The van der Waals surface area contributed by atoms with Crippen molar-refractivity contribution in [3.63, 3.8) is 0 Å². The van der Waals surface area contributed by atoms with Gasteiger partial charge in [0.05, 0.1) is 0 Å². The molecule has 0 saturated carbocycles. The van der Waals surface area contributed by atoms with E-state index in [4.69, 9.17) is 0 Å². The van der Waals surface area contributed by atoms with Crippen molar-refractivity contribution in [3.05, 3.63) is 70.7 Å². The van der Waals surface area contributed by atoms with Crippen molar-refractivity contribution in [3.8, 4) is 0 Å². The molecule has 2 aromatic carbocycles. The Morgan fingerprint density at radius 3 is 1.26 bits per heavy atom. The molecule has 2 heterocycles. The number of anilines is 2. The molecule has 0 unspecified atom stereocenters. The monoisotopic (exact) mass is 414 g/mol. The Morgan fingerprint density at radius 1 is 0.613 bits per heavy atom. The van der Waals surface area contributed by atoms with E-state index in [2.05, 4.69) is 112 Å². The molecule has 0 aliphatic carbocycles. The van der Waals surface area contributed by atoms with Crippen LogP contribution in [-0.2, 0) is 0 Å². The predicted molar refractivity (Wildman–Crippen MR) is 129 cm³/mol. The molecular weight excluding hydrogens is 380 g/mol. The summed E-state index contributed by atoms with van der Waals surface area (Å²) >= 11 is 0. The standard InChI is InChI=1S/C27H34N4/c1-18-13-20(3)26(21(4)14-18)30-11-9-28(24(30)7)17-29-10-12-31(25(29)8)27-22(5)15-19(2)16-23(27)6/h13-16H,11-12,17H2,1-8H3/q+2. The van der Waals surface area contributed by atoms with E-state index >= 15 is 0 Å². The lowest BCUT2D eigenvalue weighted by Gasteiger charge is -2.17. The molecule has 0 atom stereocenters. The fraction of sp³-hybridized carbons (Fsp3) is 0.407. The minimum absolute atomic E-state index is 0.735.